The Labute approximate surface area is 193 Å². The maximum atomic E-state index is 14.4. The molecular formula is C22H22ClFN6O3. The van der Waals surface area contributed by atoms with E-state index >= 15 is 0 Å². The van der Waals surface area contributed by atoms with Crippen molar-refractivity contribution in [2.75, 3.05) is 25.0 Å². The Balaban J connectivity index is 1.26. The Bertz CT molecular complexity index is 1230. The second-order valence-corrected chi connectivity index (χ2v) is 9.04. The molecule has 5 rings (SSSR count). The third-order valence-electron chi connectivity index (χ3n) is 6.30. The van der Waals surface area contributed by atoms with Gasteiger partial charge in [-0.2, -0.15) is 0 Å². The molecule has 3 atom stereocenters. The summed E-state index contributed by atoms with van der Waals surface area (Å²) >= 11 is 6.06. The number of aliphatic carboxylic acids is 1. The lowest BCUT2D eigenvalue weighted by molar-refractivity contribution is -0.142. The summed E-state index contributed by atoms with van der Waals surface area (Å²) in [5.41, 5.74) is 1.29. The van der Waals surface area contributed by atoms with Gasteiger partial charge in [0, 0.05) is 43.0 Å². The Morgan fingerprint density at radius 3 is 2.94 bits per heavy atom. The molecule has 2 fully saturated rings. The minimum Gasteiger partial charge on any atom is -0.481 e. The first-order valence-electron chi connectivity index (χ1n) is 10.8. The molecule has 33 heavy (non-hydrogen) atoms. The van der Waals surface area contributed by atoms with Crippen LogP contribution in [0.15, 0.2) is 24.7 Å². The average molecular weight is 473 g/mol. The van der Waals surface area contributed by atoms with E-state index < -0.39 is 23.6 Å². The number of carboxylic acids is 1. The molecule has 1 amide bonds. The van der Waals surface area contributed by atoms with E-state index in [0.717, 1.165) is 24.4 Å². The zero-order valence-electron chi connectivity index (χ0n) is 17.6. The number of pyridine rings is 1. The number of aromatic amines is 1. The van der Waals surface area contributed by atoms with Crippen molar-refractivity contribution < 1.29 is 19.1 Å². The van der Waals surface area contributed by atoms with Gasteiger partial charge in [0.05, 0.1) is 23.1 Å². The number of anilines is 1. The first kappa shape index (κ1) is 21.6. The quantitative estimate of drug-likeness (QED) is 0.503. The number of amides is 1. The van der Waals surface area contributed by atoms with Crippen molar-refractivity contribution >= 4 is 40.3 Å². The fourth-order valence-corrected chi connectivity index (χ4v) is 4.59. The molecule has 11 heteroatoms. The number of nitrogens with zero attached hydrogens (tertiary/aromatic N) is 4. The predicted octanol–water partition coefficient (Wildman–Crippen LogP) is 3.18. The Morgan fingerprint density at radius 2 is 2.15 bits per heavy atom. The molecule has 0 aromatic carbocycles. The first-order valence-corrected chi connectivity index (χ1v) is 11.2. The summed E-state index contributed by atoms with van der Waals surface area (Å²) in [6, 6.07) is 1.75. The second-order valence-electron chi connectivity index (χ2n) is 8.60. The van der Waals surface area contributed by atoms with E-state index in [-0.39, 0.29) is 17.6 Å². The summed E-state index contributed by atoms with van der Waals surface area (Å²) in [5, 5.41) is 13.4. The molecule has 3 aromatic rings. The average Bonchev–Trinajstić information content (AvgIpc) is 3.52. The van der Waals surface area contributed by atoms with E-state index in [1.54, 1.807) is 17.2 Å². The van der Waals surface area contributed by atoms with Crippen LogP contribution in [0.5, 0.6) is 0 Å². The van der Waals surface area contributed by atoms with Crippen molar-refractivity contribution in [2.45, 2.75) is 19.3 Å². The van der Waals surface area contributed by atoms with Crippen LogP contribution in [0.2, 0.25) is 5.02 Å². The number of H-pyrrole nitrogens is 1. The summed E-state index contributed by atoms with van der Waals surface area (Å²) in [6.45, 7) is 1.58. The van der Waals surface area contributed by atoms with Gasteiger partial charge in [-0.25, -0.2) is 19.3 Å². The van der Waals surface area contributed by atoms with Crippen molar-refractivity contribution in [3.63, 3.8) is 0 Å². The van der Waals surface area contributed by atoms with Crippen LogP contribution in [0.25, 0.3) is 22.4 Å². The first-order chi connectivity index (χ1) is 15.9. The number of aromatic nitrogens is 4. The molecule has 1 saturated heterocycles. The number of likely N-dealkylation sites (tertiary alicyclic amines) is 1. The van der Waals surface area contributed by atoms with Gasteiger partial charge in [0.1, 0.15) is 5.65 Å². The predicted molar refractivity (Wildman–Crippen MR) is 119 cm³/mol. The van der Waals surface area contributed by atoms with Crippen LogP contribution in [0, 0.1) is 23.6 Å². The summed E-state index contributed by atoms with van der Waals surface area (Å²) in [7, 11) is 0. The standard InChI is InChI=1S/C22H22ClFN6O3/c23-12-4-13-16(8-27-18(13)26-7-12)19-28-9-17(24)20(29-19)25-6-11-2-1-3-30(10-11)21(31)14-5-15(14)22(32)33/h4,7-9,11,14-15H,1-3,5-6,10H2,(H,26,27)(H,32,33)(H,25,28,29)/t11-,14-,15?/m1/s1. The lowest BCUT2D eigenvalue weighted by atomic mass is 9.97. The van der Waals surface area contributed by atoms with E-state index in [4.69, 9.17) is 16.7 Å². The maximum Gasteiger partial charge on any atom is 0.307 e. The van der Waals surface area contributed by atoms with Crippen LogP contribution in [-0.4, -0.2) is 61.5 Å². The van der Waals surface area contributed by atoms with Gasteiger partial charge in [-0.1, -0.05) is 11.6 Å². The molecule has 9 nitrogen and oxygen atoms in total. The molecule has 0 bridgehead atoms. The maximum absolute atomic E-state index is 14.4. The number of carbonyl (C=O) groups is 2. The molecule has 1 unspecified atom stereocenters. The van der Waals surface area contributed by atoms with Crippen LogP contribution < -0.4 is 5.32 Å². The molecule has 2 aliphatic rings. The highest BCUT2D eigenvalue weighted by Crippen LogP contribution is 2.40. The molecule has 1 aliphatic heterocycles. The molecule has 3 N–H and O–H groups in total. The number of carbonyl (C=O) groups excluding carboxylic acids is 1. The number of carboxylic acid groups (broad SMARTS) is 1. The Kier molecular flexibility index (Phi) is 5.61. The largest absolute Gasteiger partial charge is 0.481 e. The van der Waals surface area contributed by atoms with E-state index in [1.807, 2.05) is 0 Å². The monoisotopic (exact) mass is 472 g/mol. The highest BCUT2D eigenvalue weighted by Gasteiger charge is 2.50. The number of piperidine rings is 1. The zero-order chi connectivity index (χ0) is 23.1. The highest BCUT2D eigenvalue weighted by atomic mass is 35.5. The van der Waals surface area contributed by atoms with Crippen LogP contribution >= 0.6 is 11.6 Å². The summed E-state index contributed by atoms with van der Waals surface area (Å²) < 4.78 is 14.4. The van der Waals surface area contributed by atoms with E-state index in [9.17, 15) is 14.0 Å². The zero-order valence-corrected chi connectivity index (χ0v) is 18.3. The number of nitrogens with one attached hydrogen (secondary N) is 2. The smallest absolute Gasteiger partial charge is 0.307 e. The van der Waals surface area contributed by atoms with Gasteiger partial charge < -0.3 is 20.3 Å². The van der Waals surface area contributed by atoms with Gasteiger partial charge in [-0.15, -0.1) is 0 Å². The minimum absolute atomic E-state index is 0.0842. The molecule has 0 spiro atoms. The van der Waals surface area contributed by atoms with Crippen LogP contribution in [0.4, 0.5) is 10.2 Å². The van der Waals surface area contributed by atoms with Crippen molar-refractivity contribution in [3.8, 4) is 11.4 Å². The van der Waals surface area contributed by atoms with Crippen molar-refractivity contribution in [1.29, 1.82) is 0 Å². The Morgan fingerprint density at radius 1 is 1.30 bits per heavy atom. The number of rotatable bonds is 6. The van der Waals surface area contributed by atoms with Crippen molar-refractivity contribution in [1.82, 2.24) is 24.8 Å². The topological polar surface area (TPSA) is 124 Å². The summed E-state index contributed by atoms with van der Waals surface area (Å²) in [6.07, 6.45) is 6.48. The van der Waals surface area contributed by atoms with E-state index in [0.29, 0.717) is 48.1 Å². The lowest BCUT2D eigenvalue weighted by Crippen LogP contribution is -2.43. The minimum atomic E-state index is -0.910. The van der Waals surface area contributed by atoms with E-state index in [1.165, 1.54) is 6.20 Å². The van der Waals surface area contributed by atoms with Gasteiger partial charge in [-0.05, 0) is 31.2 Å². The highest BCUT2D eigenvalue weighted by molar-refractivity contribution is 6.31. The number of hydrogen-bond donors (Lipinski definition) is 3. The molecule has 1 saturated carbocycles. The fraction of sp³-hybridized carbons (Fsp3) is 0.409. The normalized spacial score (nSPS) is 22.4. The SMILES string of the molecule is O=C(O)C1C[C@H]1C(=O)N1CCC[C@H](CNc2nc(-c3c[nH]c4ncc(Cl)cc34)ncc2F)C1. The van der Waals surface area contributed by atoms with Crippen LogP contribution in [0.1, 0.15) is 19.3 Å². The third kappa shape index (κ3) is 4.35. The van der Waals surface area contributed by atoms with Crippen LogP contribution in [-0.2, 0) is 9.59 Å². The lowest BCUT2D eigenvalue weighted by Gasteiger charge is -2.33. The molecule has 3 aromatic heterocycles. The molecule has 1 aliphatic carbocycles. The number of halogens is 2. The second kappa shape index (κ2) is 8.58. The molecule has 4 heterocycles. The molecule has 172 valence electrons. The van der Waals surface area contributed by atoms with Gasteiger partial charge >= 0.3 is 5.97 Å². The molecular weight excluding hydrogens is 451 g/mol. The van der Waals surface area contributed by atoms with E-state index in [2.05, 4.69) is 25.3 Å². The van der Waals surface area contributed by atoms with Gasteiger partial charge in [0.25, 0.3) is 0 Å². The fourth-order valence-electron chi connectivity index (χ4n) is 4.43. The molecule has 0 radical (unpaired) electrons. The van der Waals surface area contributed by atoms with Crippen molar-refractivity contribution in [2.24, 2.45) is 17.8 Å². The number of fused-ring (bicyclic) bond motifs is 1. The Hall–Kier alpha value is -3.27. The van der Waals surface area contributed by atoms with Crippen molar-refractivity contribution in [3.05, 3.63) is 35.5 Å². The van der Waals surface area contributed by atoms with Crippen LogP contribution in [0.3, 0.4) is 0 Å². The van der Waals surface area contributed by atoms with Gasteiger partial charge in [0.15, 0.2) is 17.5 Å². The third-order valence-corrected chi connectivity index (χ3v) is 6.50. The summed E-state index contributed by atoms with van der Waals surface area (Å²) in [4.78, 5) is 41.2. The number of hydrogen-bond acceptors (Lipinski definition) is 6. The van der Waals surface area contributed by atoms with Gasteiger partial charge in [0.2, 0.25) is 5.91 Å². The van der Waals surface area contributed by atoms with Gasteiger partial charge in [-0.3, -0.25) is 9.59 Å². The summed E-state index contributed by atoms with van der Waals surface area (Å²) in [5.74, 6) is -2.00.